The lowest BCUT2D eigenvalue weighted by Gasteiger charge is -2.59. The highest BCUT2D eigenvalue weighted by Gasteiger charge is 2.85. The van der Waals surface area contributed by atoms with Gasteiger partial charge in [0, 0.05) is 7.11 Å². The van der Waals surface area contributed by atoms with E-state index in [0.717, 1.165) is 19.3 Å². The number of rotatable bonds is 3. The van der Waals surface area contributed by atoms with Crippen LogP contribution in [0.5, 0.6) is 0 Å². The van der Waals surface area contributed by atoms with E-state index in [0.29, 0.717) is 40.4 Å². The number of fused-ring (bicyclic) bond motifs is 4. The molecule has 206 valence electrons. The molecule has 6 fully saturated rings. The van der Waals surface area contributed by atoms with Gasteiger partial charge >= 0.3 is 0 Å². The van der Waals surface area contributed by atoms with Crippen molar-refractivity contribution in [3.05, 3.63) is 0 Å². The third-order valence-corrected chi connectivity index (χ3v) is 13.9. The number of hydrogen-bond donors (Lipinski definition) is 3. The Morgan fingerprint density at radius 2 is 1.64 bits per heavy atom. The minimum atomic E-state index is -0.997. The molecule has 5 aliphatic carbocycles. The normalized spacial score (nSPS) is 58.1. The van der Waals surface area contributed by atoms with Gasteiger partial charge in [-0.3, -0.25) is 0 Å². The molecule has 0 aromatic rings. The first-order valence-electron chi connectivity index (χ1n) is 15.0. The van der Waals surface area contributed by atoms with Crippen molar-refractivity contribution in [3.8, 4) is 0 Å². The molecule has 36 heavy (non-hydrogen) atoms. The van der Waals surface area contributed by atoms with Crippen LogP contribution in [0.25, 0.3) is 0 Å². The van der Waals surface area contributed by atoms with Gasteiger partial charge in [0.05, 0.1) is 30.0 Å². The van der Waals surface area contributed by atoms with Crippen LogP contribution in [-0.2, 0) is 9.47 Å². The van der Waals surface area contributed by atoms with E-state index >= 15 is 0 Å². The van der Waals surface area contributed by atoms with Crippen molar-refractivity contribution in [1.82, 2.24) is 0 Å². The minimum absolute atomic E-state index is 0.0267. The fourth-order valence-electron chi connectivity index (χ4n) is 12.7. The molecule has 2 spiro atoms. The van der Waals surface area contributed by atoms with Crippen LogP contribution < -0.4 is 0 Å². The van der Waals surface area contributed by atoms with E-state index in [1.165, 1.54) is 25.7 Å². The maximum Gasteiger partial charge on any atom is 0.111 e. The summed E-state index contributed by atoms with van der Waals surface area (Å²) in [5.74, 6) is 2.82. The molecule has 0 aromatic carbocycles. The van der Waals surface area contributed by atoms with Gasteiger partial charge in [0.2, 0.25) is 0 Å². The number of ether oxygens (including phenoxy) is 2. The first-order valence-corrected chi connectivity index (χ1v) is 15.0. The molecule has 1 aliphatic heterocycles. The summed E-state index contributed by atoms with van der Waals surface area (Å²) in [7, 11) is 1.66. The van der Waals surface area contributed by atoms with Gasteiger partial charge in [-0.15, -0.1) is 0 Å². The Bertz CT molecular complexity index is 896. The number of aliphatic hydroxyl groups excluding tert-OH is 2. The molecule has 1 heterocycles. The van der Waals surface area contributed by atoms with Gasteiger partial charge in [-0.1, -0.05) is 34.6 Å². The van der Waals surface area contributed by atoms with E-state index in [-0.39, 0.29) is 35.1 Å². The summed E-state index contributed by atoms with van der Waals surface area (Å²) in [5.41, 5.74) is -0.285. The molecular formula is C31H52O5. The molecule has 14 unspecified atom stereocenters. The van der Waals surface area contributed by atoms with Crippen molar-refractivity contribution in [1.29, 1.82) is 0 Å². The lowest BCUT2D eigenvalue weighted by atomic mass is 9.46. The molecule has 5 saturated carbocycles. The zero-order chi connectivity index (χ0) is 26.2. The summed E-state index contributed by atoms with van der Waals surface area (Å²) in [4.78, 5) is 0. The predicted octanol–water partition coefficient (Wildman–Crippen LogP) is 4.80. The van der Waals surface area contributed by atoms with Gasteiger partial charge in [-0.25, -0.2) is 0 Å². The summed E-state index contributed by atoms with van der Waals surface area (Å²) >= 11 is 0. The van der Waals surface area contributed by atoms with Gasteiger partial charge in [-0.2, -0.15) is 0 Å². The van der Waals surface area contributed by atoms with Crippen molar-refractivity contribution in [2.24, 2.45) is 57.2 Å². The lowest BCUT2D eigenvalue weighted by Crippen LogP contribution is -2.55. The third-order valence-electron chi connectivity index (χ3n) is 13.9. The van der Waals surface area contributed by atoms with Gasteiger partial charge in [-0.05, 0) is 116 Å². The molecule has 0 bridgehead atoms. The van der Waals surface area contributed by atoms with Crippen LogP contribution in [0.3, 0.4) is 0 Å². The van der Waals surface area contributed by atoms with Crippen LogP contribution >= 0.6 is 0 Å². The van der Waals surface area contributed by atoms with E-state index in [1.54, 1.807) is 21.0 Å². The zero-order valence-corrected chi connectivity index (χ0v) is 24.0. The van der Waals surface area contributed by atoms with Gasteiger partial charge in [0.15, 0.2) is 0 Å². The first-order chi connectivity index (χ1) is 16.7. The zero-order valence-electron chi connectivity index (χ0n) is 24.0. The number of methoxy groups -OCH3 is 1. The highest BCUT2D eigenvalue weighted by molar-refractivity contribution is 5.33. The maximum absolute atomic E-state index is 12.1. The second-order valence-corrected chi connectivity index (χ2v) is 15.6. The Labute approximate surface area is 218 Å². The van der Waals surface area contributed by atoms with E-state index in [4.69, 9.17) is 9.47 Å². The molecule has 14 atom stereocenters. The Kier molecular flexibility index (Phi) is 5.58. The molecule has 0 amide bonds. The van der Waals surface area contributed by atoms with E-state index in [9.17, 15) is 15.3 Å². The van der Waals surface area contributed by atoms with Crippen LogP contribution in [0, 0.1) is 57.2 Å². The van der Waals surface area contributed by atoms with E-state index < -0.39 is 17.8 Å². The van der Waals surface area contributed by atoms with Crippen LogP contribution in [0.2, 0.25) is 0 Å². The topological polar surface area (TPSA) is 79.2 Å². The van der Waals surface area contributed by atoms with Gasteiger partial charge in [0.25, 0.3) is 0 Å². The van der Waals surface area contributed by atoms with Crippen molar-refractivity contribution >= 4 is 0 Å². The van der Waals surface area contributed by atoms with Crippen molar-refractivity contribution in [2.45, 2.75) is 130 Å². The van der Waals surface area contributed by atoms with Gasteiger partial charge < -0.3 is 24.8 Å². The highest BCUT2D eigenvalue weighted by Crippen LogP contribution is 2.89. The molecule has 0 aromatic heterocycles. The van der Waals surface area contributed by atoms with E-state index in [2.05, 4.69) is 34.6 Å². The Morgan fingerprint density at radius 3 is 2.28 bits per heavy atom. The molecule has 1 saturated heterocycles. The summed E-state index contributed by atoms with van der Waals surface area (Å²) in [6.45, 7) is 15.6. The molecule has 6 aliphatic rings. The van der Waals surface area contributed by atoms with Crippen molar-refractivity contribution < 1.29 is 24.8 Å². The van der Waals surface area contributed by atoms with Crippen molar-refractivity contribution in [2.75, 3.05) is 7.11 Å². The second kappa shape index (κ2) is 7.71. The maximum atomic E-state index is 12.1. The molecule has 3 N–H and O–H groups in total. The molecule has 5 nitrogen and oxygen atoms in total. The summed E-state index contributed by atoms with van der Waals surface area (Å²) in [6.07, 6.45) is 6.28. The molecule has 5 heteroatoms. The smallest absolute Gasteiger partial charge is 0.111 e. The lowest BCUT2D eigenvalue weighted by molar-refractivity contribution is -0.209. The van der Waals surface area contributed by atoms with Crippen LogP contribution in [-0.4, -0.2) is 58.6 Å². The third kappa shape index (κ3) is 2.86. The first kappa shape index (κ1) is 26.0. The Balaban J connectivity index is 1.34. The fraction of sp³-hybridized carbons (Fsp3) is 1.00. The largest absolute Gasteiger partial charge is 0.393 e. The van der Waals surface area contributed by atoms with Crippen LogP contribution in [0.4, 0.5) is 0 Å². The minimum Gasteiger partial charge on any atom is -0.393 e. The average molecular weight is 505 g/mol. The monoisotopic (exact) mass is 504 g/mol. The van der Waals surface area contributed by atoms with Crippen molar-refractivity contribution in [3.63, 3.8) is 0 Å². The molecule has 0 radical (unpaired) electrons. The second-order valence-electron chi connectivity index (χ2n) is 15.6. The molecule has 6 rings (SSSR count). The fourth-order valence-corrected chi connectivity index (χ4v) is 12.7. The number of aliphatic hydroxyl groups is 3. The Morgan fingerprint density at radius 1 is 0.944 bits per heavy atom. The SMILES string of the molecule is COC(C1CC(C)C2C(O1)C(O)C1C3CCC4C(C)(C)C(O)CCC45C(C)C35CCC21C)C(C)(C)O. The number of hydrogen-bond acceptors (Lipinski definition) is 5. The summed E-state index contributed by atoms with van der Waals surface area (Å²) in [6, 6.07) is 0. The summed E-state index contributed by atoms with van der Waals surface area (Å²) in [5, 5.41) is 33.8. The van der Waals surface area contributed by atoms with Gasteiger partial charge in [0.1, 0.15) is 6.10 Å². The Hall–Kier alpha value is -0.200. The predicted molar refractivity (Wildman–Crippen MR) is 139 cm³/mol. The standard InChI is InChI=1S/C31H52O5/c1-16-15-19(26(35-8)28(5,6)34)36-25-22(16)29(7)13-14-30-17(2)31(30)12-11-21(32)27(3,4)20(31)10-9-18(30)23(29)24(25)33/h16-26,32-34H,9-15H2,1-8H3. The van der Waals surface area contributed by atoms with Crippen LogP contribution in [0.1, 0.15) is 93.4 Å². The summed E-state index contributed by atoms with van der Waals surface area (Å²) < 4.78 is 12.5. The van der Waals surface area contributed by atoms with E-state index in [1.807, 2.05) is 0 Å². The quantitative estimate of drug-likeness (QED) is 0.514. The molecular weight excluding hydrogens is 452 g/mol. The average Bonchev–Trinajstić information content (AvgIpc) is 3.22. The highest BCUT2D eigenvalue weighted by atomic mass is 16.6. The van der Waals surface area contributed by atoms with Crippen LogP contribution in [0.15, 0.2) is 0 Å².